The normalized spacial score (nSPS) is 16.1. The first-order chi connectivity index (χ1) is 8.20. The van der Waals surface area contributed by atoms with E-state index in [1.54, 1.807) is 12.1 Å². The SMILES string of the molecule is COc1cc(CN2CCCC2)ccc1[N+](=O)[O-]. The molecule has 1 fully saturated rings. The van der Waals surface area contributed by atoms with Crippen LogP contribution in [0.3, 0.4) is 0 Å². The van der Waals surface area contributed by atoms with E-state index in [9.17, 15) is 10.1 Å². The quantitative estimate of drug-likeness (QED) is 0.594. The van der Waals surface area contributed by atoms with Crippen molar-refractivity contribution in [2.45, 2.75) is 19.4 Å². The third-order valence-corrected chi connectivity index (χ3v) is 3.05. The molecule has 0 saturated carbocycles. The third kappa shape index (κ3) is 2.74. The van der Waals surface area contributed by atoms with Gasteiger partial charge in [0.15, 0.2) is 5.75 Å². The summed E-state index contributed by atoms with van der Waals surface area (Å²) in [4.78, 5) is 12.7. The van der Waals surface area contributed by atoms with Crippen molar-refractivity contribution < 1.29 is 9.66 Å². The third-order valence-electron chi connectivity index (χ3n) is 3.05. The lowest BCUT2D eigenvalue weighted by molar-refractivity contribution is -0.385. The van der Waals surface area contributed by atoms with Gasteiger partial charge in [0, 0.05) is 12.6 Å². The number of nitrogens with zero attached hydrogens (tertiary/aromatic N) is 2. The molecular formula is C12H16N2O3. The summed E-state index contributed by atoms with van der Waals surface area (Å²) in [6.45, 7) is 3.06. The highest BCUT2D eigenvalue weighted by molar-refractivity contribution is 5.48. The van der Waals surface area contributed by atoms with Crippen LogP contribution in [0.4, 0.5) is 5.69 Å². The molecule has 5 heteroatoms. The first-order valence-corrected chi connectivity index (χ1v) is 5.74. The molecule has 0 radical (unpaired) electrons. The molecule has 0 N–H and O–H groups in total. The minimum absolute atomic E-state index is 0.0256. The molecule has 17 heavy (non-hydrogen) atoms. The van der Waals surface area contributed by atoms with Gasteiger partial charge in [-0.15, -0.1) is 0 Å². The highest BCUT2D eigenvalue weighted by Crippen LogP contribution is 2.28. The van der Waals surface area contributed by atoms with Crippen LogP contribution >= 0.6 is 0 Å². The van der Waals surface area contributed by atoms with E-state index >= 15 is 0 Å². The Morgan fingerprint density at radius 3 is 2.71 bits per heavy atom. The highest BCUT2D eigenvalue weighted by Gasteiger charge is 2.17. The van der Waals surface area contributed by atoms with Crippen molar-refractivity contribution in [2.24, 2.45) is 0 Å². The van der Waals surface area contributed by atoms with Crippen LogP contribution < -0.4 is 4.74 Å². The maximum Gasteiger partial charge on any atom is 0.310 e. The van der Waals surface area contributed by atoms with Crippen molar-refractivity contribution in [3.05, 3.63) is 33.9 Å². The molecule has 1 aliphatic heterocycles. The number of benzene rings is 1. The lowest BCUT2D eigenvalue weighted by atomic mass is 10.2. The Hall–Kier alpha value is -1.62. The van der Waals surface area contributed by atoms with Gasteiger partial charge in [-0.1, -0.05) is 6.07 Å². The Balaban J connectivity index is 2.15. The van der Waals surface area contributed by atoms with Gasteiger partial charge in [-0.2, -0.15) is 0 Å². The minimum atomic E-state index is -0.418. The average Bonchev–Trinajstić information content (AvgIpc) is 2.81. The van der Waals surface area contributed by atoms with Gasteiger partial charge in [0.2, 0.25) is 0 Å². The maximum absolute atomic E-state index is 10.8. The topological polar surface area (TPSA) is 55.6 Å². The fourth-order valence-corrected chi connectivity index (χ4v) is 2.17. The van der Waals surface area contributed by atoms with Crippen molar-refractivity contribution in [3.8, 4) is 5.75 Å². The summed E-state index contributed by atoms with van der Waals surface area (Å²) in [6, 6.07) is 5.08. The Labute approximate surface area is 100 Å². The van der Waals surface area contributed by atoms with Gasteiger partial charge in [0.25, 0.3) is 0 Å². The zero-order chi connectivity index (χ0) is 12.3. The summed E-state index contributed by atoms with van der Waals surface area (Å²) >= 11 is 0. The van der Waals surface area contributed by atoms with Crippen molar-refractivity contribution in [1.82, 2.24) is 4.90 Å². The van der Waals surface area contributed by atoms with Gasteiger partial charge in [-0.3, -0.25) is 15.0 Å². The summed E-state index contributed by atoms with van der Waals surface area (Å²) in [5, 5.41) is 10.8. The number of hydrogen-bond donors (Lipinski definition) is 0. The number of nitro groups is 1. The van der Waals surface area contributed by atoms with Crippen LogP contribution in [0.25, 0.3) is 0 Å². The Kier molecular flexibility index (Phi) is 3.58. The number of likely N-dealkylation sites (tertiary alicyclic amines) is 1. The lowest BCUT2D eigenvalue weighted by Gasteiger charge is -2.14. The first kappa shape index (κ1) is 11.9. The van der Waals surface area contributed by atoms with Crippen LogP contribution in [-0.2, 0) is 6.54 Å². The molecule has 1 saturated heterocycles. The standard InChI is InChI=1S/C12H16N2O3/c1-17-12-8-10(4-5-11(12)14(15)16)9-13-6-2-3-7-13/h4-5,8H,2-3,6-7,9H2,1H3. The Morgan fingerprint density at radius 2 is 2.12 bits per heavy atom. The molecule has 1 aromatic rings. The Morgan fingerprint density at radius 1 is 1.41 bits per heavy atom. The zero-order valence-corrected chi connectivity index (χ0v) is 9.89. The molecule has 92 valence electrons. The fraction of sp³-hybridized carbons (Fsp3) is 0.500. The van der Waals surface area contributed by atoms with Crippen molar-refractivity contribution in [2.75, 3.05) is 20.2 Å². The van der Waals surface area contributed by atoms with Gasteiger partial charge in [0.1, 0.15) is 0 Å². The molecule has 0 spiro atoms. The van der Waals surface area contributed by atoms with E-state index in [4.69, 9.17) is 4.74 Å². The van der Waals surface area contributed by atoms with Crippen LogP contribution in [0.15, 0.2) is 18.2 Å². The lowest BCUT2D eigenvalue weighted by Crippen LogP contribution is -2.18. The van der Waals surface area contributed by atoms with Gasteiger partial charge >= 0.3 is 5.69 Å². The van der Waals surface area contributed by atoms with Gasteiger partial charge < -0.3 is 4.74 Å². The van der Waals surface area contributed by atoms with E-state index in [1.165, 1.54) is 26.0 Å². The van der Waals surface area contributed by atoms with Crippen LogP contribution in [0.1, 0.15) is 18.4 Å². The molecule has 5 nitrogen and oxygen atoms in total. The highest BCUT2D eigenvalue weighted by atomic mass is 16.6. The predicted molar refractivity (Wildman–Crippen MR) is 64.2 cm³/mol. The molecule has 1 aromatic carbocycles. The van der Waals surface area contributed by atoms with E-state index in [-0.39, 0.29) is 5.69 Å². The first-order valence-electron chi connectivity index (χ1n) is 5.74. The van der Waals surface area contributed by atoms with E-state index in [1.807, 2.05) is 0 Å². The molecule has 0 bridgehead atoms. The minimum Gasteiger partial charge on any atom is -0.490 e. The van der Waals surface area contributed by atoms with Crippen molar-refractivity contribution >= 4 is 5.69 Å². The predicted octanol–water partition coefficient (Wildman–Crippen LogP) is 2.20. The number of rotatable bonds is 4. The molecule has 0 aromatic heterocycles. The summed E-state index contributed by atoms with van der Waals surface area (Å²) in [6.07, 6.45) is 2.48. The van der Waals surface area contributed by atoms with E-state index in [0.29, 0.717) is 5.75 Å². The molecular weight excluding hydrogens is 220 g/mol. The molecule has 1 aliphatic rings. The smallest absolute Gasteiger partial charge is 0.310 e. The van der Waals surface area contributed by atoms with Gasteiger partial charge in [-0.05, 0) is 37.6 Å². The van der Waals surface area contributed by atoms with Crippen molar-refractivity contribution in [3.63, 3.8) is 0 Å². The number of nitro benzene ring substituents is 1. The van der Waals surface area contributed by atoms with Crippen LogP contribution in [0.5, 0.6) is 5.75 Å². The number of methoxy groups -OCH3 is 1. The van der Waals surface area contributed by atoms with E-state index in [2.05, 4.69) is 4.90 Å². The number of hydrogen-bond acceptors (Lipinski definition) is 4. The van der Waals surface area contributed by atoms with E-state index < -0.39 is 4.92 Å². The van der Waals surface area contributed by atoms with Crippen LogP contribution in [0.2, 0.25) is 0 Å². The zero-order valence-electron chi connectivity index (χ0n) is 9.89. The fourth-order valence-electron chi connectivity index (χ4n) is 2.17. The Bertz CT molecular complexity index is 414. The van der Waals surface area contributed by atoms with Crippen LogP contribution in [0, 0.1) is 10.1 Å². The van der Waals surface area contributed by atoms with Crippen LogP contribution in [-0.4, -0.2) is 30.0 Å². The molecule has 0 unspecified atom stereocenters. The largest absolute Gasteiger partial charge is 0.490 e. The van der Waals surface area contributed by atoms with Gasteiger partial charge in [0.05, 0.1) is 12.0 Å². The molecule has 0 aliphatic carbocycles. The second kappa shape index (κ2) is 5.14. The summed E-state index contributed by atoms with van der Waals surface area (Å²) in [5.74, 6) is 0.340. The molecule has 2 rings (SSSR count). The van der Waals surface area contributed by atoms with Crippen molar-refractivity contribution in [1.29, 1.82) is 0 Å². The van der Waals surface area contributed by atoms with E-state index in [0.717, 1.165) is 25.2 Å². The molecule has 1 heterocycles. The summed E-state index contributed by atoms with van der Waals surface area (Å²) in [5.41, 5.74) is 1.09. The summed E-state index contributed by atoms with van der Waals surface area (Å²) < 4.78 is 5.05. The average molecular weight is 236 g/mol. The molecule has 0 amide bonds. The van der Waals surface area contributed by atoms with Gasteiger partial charge in [-0.25, -0.2) is 0 Å². The maximum atomic E-state index is 10.8. The second-order valence-corrected chi connectivity index (χ2v) is 4.25. The molecule has 0 atom stereocenters. The number of ether oxygens (including phenoxy) is 1. The summed E-state index contributed by atoms with van der Waals surface area (Å²) in [7, 11) is 1.46. The second-order valence-electron chi connectivity index (χ2n) is 4.25. The monoisotopic (exact) mass is 236 g/mol.